The SMILES string of the molecule is C=C(C)C(=O)O[C@H]1[C@@H]2C(=C)C(=O)O[C@@H]([C@H]2OC(=O)/C(C)=C/C)[C@]2(C)[C@@H](OC(=O)[C@@](OC)(c3ccccc3)C(F)(F)F)CC[C@](C)(O)[C@@H]12. The van der Waals surface area contributed by atoms with Crippen LogP contribution in [0.3, 0.4) is 0 Å². The molecule has 0 spiro atoms. The Morgan fingerprint density at radius 3 is 2.17 bits per heavy atom. The van der Waals surface area contributed by atoms with Crippen LogP contribution in [0.1, 0.15) is 53.0 Å². The van der Waals surface area contributed by atoms with Crippen LogP contribution in [0, 0.1) is 17.3 Å². The van der Waals surface area contributed by atoms with Gasteiger partial charge in [-0.3, -0.25) is 0 Å². The molecule has 0 aromatic heterocycles. The molecule has 9 atom stereocenters. The number of fused-ring (bicyclic) bond motifs is 4. The molecule has 1 saturated heterocycles. The Morgan fingerprint density at radius 1 is 1.04 bits per heavy atom. The van der Waals surface area contributed by atoms with Crippen LogP contribution in [-0.2, 0) is 48.5 Å². The number of allylic oxidation sites excluding steroid dienone is 1. The summed E-state index contributed by atoms with van der Waals surface area (Å²) < 4.78 is 72.7. The van der Waals surface area contributed by atoms with Gasteiger partial charge in [0.15, 0.2) is 6.10 Å². The van der Waals surface area contributed by atoms with Crippen LogP contribution in [0.4, 0.5) is 13.2 Å². The first kappa shape index (κ1) is 35.9. The third-order valence-corrected chi connectivity index (χ3v) is 9.81. The van der Waals surface area contributed by atoms with Gasteiger partial charge in [0.25, 0.3) is 5.60 Å². The van der Waals surface area contributed by atoms with E-state index >= 15 is 0 Å². The van der Waals surface area contributed by atoms with E-state index < -0.39 is 88.5 Å². The second kappa shape index (κ2) is 12.6. The Balaban J connectivity index is 1.93. The van der Waals surface area contributed by atoms with Gasteiger partial charge in [-0.15, -0.1) is 0 Å². The van der Waals surface area contributed by atoms with Crippen LogP contribution in [-0.4, -0.2) is 72.3 Å². The molecule has 47 heavy (non-hydrogen) atoms. The Bertz CT molecular complexity index is 1500. The molecule has 2 aliphatic carbocycles. The minimum absolute atomic E-state index is 0.0347. The number of hydrogen-bond acceptors (Lipinski definition) is 10. The molecular weight excluding hydrogens is 625 g/mol. The highest BCUT2D eigenvalue weighted by molar-refractivity contribution is 5.92. The number of rotatable bonds is 8. The topological polar surface area (TPSA) is 135 Å². The van der Waals surface area contributed by atoms with E-state index in [2.05, 4.69) is 13.2 Å². The van der Waals surface area contributed by atoms with Crippen LogP contribution in [0.25, 0.3) is 0 Å². The molecule has 2 bridgehead atoms. The largest absolute Gasteiger partial charge is 0.459 e. The zero-order valence-corrected chi connectivity index (χ0v) is 27.0. The van der Waals surface area contributed by atoms with Gasteiger partial charge in [0.2, 0.25) is 0 Å². The maximum absolute atomic E-state index is 14.8. The fourth-order valence-corrected chi connectivity index (χ4v) is 7.30. The molecule has 3 aliphatic rings. The van der Waals surface area contributed by atoms with E-state index in [1.54, 1.807) is 6.92 Å². The van der Waals surface area contributed by atoms with E-state index in [-0.39, 0.29) is 29.6 Å². The lowest BCUT2D eigenvalue weighted by Crippen LogP contribution is -2.75. The first-order valence-corrected chi connectivity index (χ1v) is 15.0. The van der Waals surface area contributed by atoms with E-state index in [0.717, 1.165) is 19.2 Å². The maximum Gasteiger partial charge on any atom is 0.432 e. The van der Waals surface area contributed by atoms with Crippen molar-refractivity contribution in [3.8, 4) is 0 Å². The van der Waals surface area contributed by atoms with E-state index in [1.807, 2.05) is 0 Å². The van der Waals surface area contributed by atoms with E-state index in [4.69, 9.17) is 23.7 Å². The quantitative estimate of drug-likeness (QED) is 0.238. The smallest absolute Gasteiger partial charge is 0.432 e. The van der Waals surface area contributed by atoms with Crippen LogP contribution >= 0.6 is 0 Å². The van der Waals surface area contributed by atoms with Crippen molar-refractivity contribution in [3.05, 3.63) is 71.8 Å². The van der Waals surface area contributed by atoms with Gasteiger partial charge in [-0.2, -0.15) is 13.2 Å². The Morgan fingerprint density at radius 2 is 1.64 bits per heavy atom. The van der Waals surface area contributed by atoms with Crippen molar-refractivity contribution in [2.24, 2.45) is 17.3 Å². The number of carbonyl (C=O) groups excluding carboxylic acids is 4. The Kier molecular flexibility index (Phi) is 9.59. The summed E-state index contributed by atoms with van der Waals surface area (Å²) in [5.41, 5.74) is -7.71. The summed E-state index contributed by atoms with van der Waals surface area (Å²) >= 11 is 0. The molecule has 4 rings (SSSR count). The monoisotopic (exact) mass is 664 g/mol. The predicted octanol–water partition coefficient (Wildman–Crippen LogP) is 4.65. The molecule has 10 nitrogen and oxygen atoms in total. The third kappa shape index (κ3) is 5.77. The first-order chi connectivity index (χ1) is 21.8. The Hall–Kier alpha value is -3.97. The molecular formula is C34H39F3O10. The van der Waals surface area contributed by atoms with Crippen LogP contribution < -0.4 is 0 Å². The van der Waals surface area contributed by atoms with Gasteiger partial charge in [0, 0.05) is 35.3 Å². The summed E-state index contributed by atoms with van der Waals surface area (Å²) in [7, 11) is 0.726. The first-order valence-electron chi connectivity index (χ1n) is 15.0. The van der Waals surface area contributed by atoms with Gasteiger partial charge in [0.05, 0.1) is 16.9 Å². The van der Waals surface area contributed by atoms with Crippen molar-refractivity contribution in [1.29, 1.82) is 0 Å². The molecule has 1 aromatic carbocycles. The van der Waals surface area contributed by atoms with Crippen LogP contribution in [0.2, 0.25) is 0 Å². The molecule has 1 aromatic rings. The average Bonchev–Trinajstić information content (AvgIpc) is 2.99. The highest BCUT2D eigenvalue weighted by Crippen LogP contribution is 2.61. The van der Waals surface area contributed by atoms with Crippen molar-refractivity contribution in [1.82, 2.24) is 0 Å². The van der Waals surface area contributed by atoms with Gasteiger partial charge in [0.1, 0.15) is 18.3 Å². The molecule has 0 amide bonds. The van der Waals surface area contributed by atoms with Gasteiger partial charge in [-0.05, 0) is 40.5 Å². The normalized spacial score (nSPS) is 33.4. The summed E-state index contributed by atoms with van der Waals surface area (Å²) in [6.45, 7) is 14.7. The Labute approximate surface area is 270 Å². The minimum Gasteiger partial charge on any atom is -0.459 e. The number of methoxy groups -OCH3 is 1. The van der Waals surface area contributed by atoms with Crippen LogP contribution in [0.15, 0.2) is 66.3 Å². The standard InChI is InChI=1S/C34H39F3O10/c1-9-18(4)28(39)46-24-22-19(5)29(40)47-26(24)32(7)21(15-16-31(6,42)25(32)23(22)45-27(38)17(2)3)44-30(41)33(43-8,34(35,36)37)20-13-11-10-12-14-20/h9-14,21-26,42H,2,5,15-16H2,1,3-4,6-8H3/b18-9+/t21-,22-,23-,24-,25+,26-,31-,32+,33-/m0/s1. The molecule has 0 radical (unpaired) electrons. The van der Waals surface area contributed by atoms with Crippen molar-refractivity contribution in [3.63, 3.8) is 0 Å². The molecule has 13 heteroatoms. The predicted molar refractivity (Wildman–Crippen MR) is 159 cm³/mol. The summed E-state index contributed by atoms with van der Waals surface area (Å²) in [5.74, 6) is -6.98. The number of halogens is 3. The number of alkyl halides is 3. The maximum atomic E-state index is 14.8. The van der Waals surface area contributed by atoms with E-state index in [9.17, 15) is 37.5 Å². The van der Waals surface area contributed by atoms with Crippen molar-refractivity contribution in [2.45, 2.75) is 89.3 Å². The molecule has 1 aliphatic heterocycles. The van der Waals surface area contributed by atoms with Crippen molar-refractivity contribution in [2.75, 3.05) is 7.11 Å². The number of benzene rings is 1. The lowest BCUT2D eigenvalue weighted by atomic mass is 9.48. The van der Waals surface area contributed by atoms with Crippen LogP contribution in [0.5, 0.6) is 0 Å². The number of carbonyl (C=O) groups is 4. The molecule has 256 valence electrons. The molecule has 1 heterocycles. The van der Waals surface area contributed by atoms with E-state index in [1.165, 1.54) is 52.0 Å². The zero-order chi connectivity index (χ0) is 35.3. The lowest BCUT2D eigenvalue weighted by molar-refractivity contribution is -0.306. The van der Waals surface area contributed by atoms with Crippen molar-refractivity contribution >= 4 is 23.9 Å². The summed E-state index contributed by atoms with van der Waals surface area (Å²) in [6.07, 6.45) is -10.0. The number of hydrogen-bond donors (Lipinski definition) is 1. The molecule has 3 fully saturated rings. The lowest BCUT2D eigenvalue weighted by Gasteiger charge is -2.64. The van der Waals surface area contributed by atoms with Crippen molar-refractivity contribution < 1.29 is 61.1 Å². The summed E-state index contributed by atoms with van der Waals surface area (Å²) in [4.78, 5) is 53.3. The van der Waals surface area contributed by atoms with Gasteiger partial charge in [-0.1, -0.05) is 56.5 Å². The second-order valence-corrected chi connectivity index (χ2v) is 12.8. The number of aliphatic hydroxyl groups is 1. The van der Waals surface area contributed by atoms with Gasteiger partial charge >= 0.3 is 30.1 Å². The molecule has 2 saturated carbocycles. The average molecular weight is 665 g/mol. The minimum atomic E-state index is -5.30. The van der Waals surface area contributed by atoms with Gasteiger partial charge < -0.3 is 28.8 Å². The highest BCUT2D eigenvalue weighted by atomic mass is 19.4. The third-order valence-electron chi connectivity index (χ3n) is 9.81. The fraction of sp³-hybridized carbons (Fsp3) is 0.529. The second-order valence-electron chi connectivity index (χ2n) is 12.8. The number of esters is 4. The number of ether oxygens (including phenoxy) is 5. The molecule has 1 N–H and O–H groups in total. The summed E-state index contributed by atoms with van der Waals surface area (Å²) in [6, 6.07) is 6.21. The zero-order valence-electron chi connectivity index (χ0n) is 27.0. The van der Waals surface area contributed by atoms with E-state index in [0.29, 0.717) is 0 Å². The van der Waals surface area contributed by atoms with Gasteiger partial charge in [-0.25, -0.2) is 19.2 Å². The summed E-state index contributed by atoms with van der Waals surface area (Å²) in [5, 5.41) is 11.9. The molecule has 0 unspecified atom stereocenters. The highest BCUT2D eigenvalue weighted by Gasteiger charge is 2.74. The fourth-order valence-electron chi connectivity index (χ4n) is 7.30.